The van der Waals surface area contributed by atoms with Crippen molar-refractivity contribution in [3.63, 3.8) is 0 Å². The van der Waals surface area contributed by atoms with Crippen molar-refractivity contribution in [3.05, 3.63) is 106 Å². The van der Waals surface area contributed by atoms with Crippen LogP contribution < -0.4 is 4.72 Å². The standard InChI is InChI=1S/C28H26BrFN4O4S/c1-18-27(35)33(15-14-19-2-4-20(5-3-19)16-31-39(36)37)28(38-18)25-17-34(24-12-8-22(29)9-13-24)32-26(25)21-6-10-23(30)11-7-21/h2-13,17-18,28,31H,14-16H2,1H3,(H,36,37)/t18-,28-/m1/s1. The third kappa shape index (κ3) is 6.34. The maximum Gasteiger partial charge on any atom is 0.253 e. The molecule has 3 atom stereocenters. The molecule has 1 aliphatic rings. The highest BCUT2D eigenvalue weighted by atomic mass is 79.9. The van der Waals surface area contributed by atoms with Crippen LogP contribution in [0.25, 0.3) is 16.9 Å². The molecule has 1 aromatic heterocycles. The molecule has 202 valence electrons. The highest BCUT2D eigenvalue weighted by Crippen LogP contribution is 2.37. The first-order valence-electron chi connectivity index (χ1n) is 12.3. The second-order valence-electron chi connectivity index (χ2n) is 9.16. The van der Waals surface area contributed by atoms with Crippen molar-refractivity contribution in [2.75, 3.05) is 6.54 Å². The molecule has 4 aromatic rings. The summed E-state index contributed by atoms with van der Waals surface area (Å²) >= 11 is 1.38. The van der Waals surface area contributed by atoms with Gasteiger partial charge in [0, 0.05) is 34.9 Å². The van der Waals surface area contributed by atoms with Gasteiger partial charge < -0.3 is 9.64 Å². The summed E-state index contributed by atoms with van der Waals surface area (Å²) < 4.78 is 44.8. The van der Waals surface area contributed by atoms with E-state index in [0.29, 0.717) is 29.8 Å². The van der Waals surface area contributed by atoms with Crippen LogP contribution in [-0.4, -0.2) is 42.0 Å². The lowest BCUT2D eigenvalue weighted by Gasteiger charge is -2.23. The summed E-state index contributed by atoms with van der Waals surface area (Å²) in [6.45, 7) is 2.42. The van der Waals surface area contributed by atoms with Crippen LogP contribution in [0.2, 0.25) is 0 Å². The lowest BCUT2D eigenvalue weighted by Crippen LogP contribution is -2.32. The summed E-state index contributed by atoms with van der Waals surface area (Å²) in [5.41, 5.74) is 4.74. The number of carbonyl (C=O) groups is 1. The summed E-state index contributed by atoms with van der Waals surface area (Å²) in [6.07, 6.45) is 1.15. The summed E-state index contributed by atoms with van der Waals surface area (Å²) in [5, 5.41) is 4.81. The number of aromatic nitrogens is 2. The van der Waals surface area contributed by atoms with Crippen molar-refractivity contribution >= 4 is 33.1 Å². The van der Waals surface area contributed by atoms with Gasteiger partial charge in [-0.15, -0.1) is 0 Å². The first-order chi connectivity index (χ1) is 18.8. The Morgan fingerprint density at radius 2 is 1.72 bits per heavy atom. The number of nitrogens with zero attached hydrogens (tertiary/aromatic N) is 3. The number of hydrogen-bond acceptors (Lipinski definition) is 4. The molecular weight excluding hydrogens is 587 g/mol. The van der Waals surface area contributed by atoms with Crippen LogP contribution >= 0.6 is 15.9 Å². The minimum Gasteiger partial charge on any atom is -0.341 e. The van der Waals surface area contributed by atoms with Gasteiger partial charge in [-0.1, -0.05) is 40.2 Å². The number of nitrogens with one attached hydrogen (secondary N) is 1. The van der Waals surface area contributed by atoms with Crippen molar-refractivity contribution in [1.29, 1.82) is 0 Å². The van der Waals surface area contributed by atoms with Gasteiger partial charge in [0.25, 0.3) is 5.91 Å². The Morgan fingerprint density at radius 3 is 2.38 bits per heavy atom. The minimum atomic E-state index is -2.07. The van der Waals surface area contributed by atoms with E-state index in [2.05, 4.69) is 20.7 Å². The molecule has 3 aromatic carbocycles. The molecule has 1 saturated heterocycles. The van der Waals surface area contributed by atoms with E-state index in [0.717, 1.165) is 21.3 Å². The fourth-order valence-electron chi connectivity index (χ4n) is 4.49. The average Bonchev–Trinajstić information content (AvgIpc) is 3.49. The minimum absolute atomic E-state index is 0.118. The van der Waals surface area contributed by atoms with Gasteiger partial charge in [0.1, 0.15) is 17.6 Å². The number of carbonyl (C=O) groups excluding carboxylic acids is 1. The number of hydrogen-bond donors (Lipinski definition) is 2. The van der Waals surface area contributed by atoms with Crippen molar-refractivity contribution < 1.29 is 22.7 Å². The molecule has 1 amide bonds. The third-order valence-corrected chi connectivity index (χ3v) is 7.45. The zero-order valence-electron chi connectivity index (χ0n) is 21.0. The van der Waals surface area contributed by atoms with Gasteiger partial charge >= 0.3 is 0 Å². The Bertz CT molecular complexity index is 1480. The third-order valence-electron chi connectivity index (χ3n) is 6.53. The first kappa shape index (κ1) is 27.4. The zero-order chi connectivity index (χ0) is 27.5. The predicted molar refractivity (Wildman–Crippen MR) is 149 cm³/mol. The largest absolute Gasteiger partial charge is 0.341 e. The van der Waals surface area contributed by atoms with Crippen LogP contribution in [0.1, 0.15) is 29.8 Å². The highest BCUT2D eigenvalue weighted by Gasteiger charge is 2.40. The van der Waals surface area contributed by atoms with Crippen LogP contribution in [0, 0.1) is 5.82 Å². The van der Waals surface area contributed by atoms with E-state index in [4.69, 9.17) is 14.4 Å². The van der Waals surface area contributed by atoms with Crippen molar-refractivity contribution in [1.82, 2.24) is 19.4 Å². The summed E-state index contributed by atoms with van der Waals surface area (Å²) in [6, 6.07) is 21.4. The predicted octanol–water partition coefficient (Wildman–Crippen LogP) is 5.16. The fourth-order valence-corrected chi connectivity index (χ4v) is 5.04. The van der Waals surface area contributed by atoms with E-state index < -0.39 is 23.6 Å². The molecule has 0 bridgehead atoms. The molecule has 1 fully saturated rings. The summed E-state index contributed by atoms with van der Waals surface area (Å²) in [5.74, 6) is -0.464. The molecule has 5 rings (SSSR count). The van der Waals surface area contributed by atoms with Crippen LogP contribution in [-0.2, 0) is 33.8 Å². The lowest BCUT2D eigenvalue weighted by atomic mass is 10.1. The number of benzene rings is 3. The molecule has 39 heavy (non-hydrogen) atoms. The number of rotatable bonds is 9. The summed E-state index contributed by atoms with van der Waals surface area (Å²) in [4.78, 5) is 14.9. The SMILES string of the molecule is C[C@H]1O[C@H](c2cn(-c3ccc(Br)cc3)nc2-c2ccc(F)cc2)N(CCc2ccc(CNS(=O)O)cc2)C1=O. The molecule has 2 N–H and O–H groups in total. The van der Waals surface area contributed by atoms with Gasteiger partial charge in [-0.05, 0) is 73.0 Å². The van der Waals surface area contributed by atoms with Gasteiger partial charge in [-0.3, -0.25) is 9.35 Å². The number of amides is 1. The number of halogens is 2. The van der Waals surface area contributed by atoms with Crippen LogP contribution in [0.3, 0.4) is 0 Å². The van der Waals surface area contributed by atoms with E-state index in [1.807, 2.05) is 54.7 Å². The van der Waals surface area contributed by atoms with Crippen molar-refractivity contribution in [2.24, 2.45) is 0 Å². The van der Waals surface area contributed by atoms with E-state index in [-0.39, 0.29) is 18.3 Å². The van der Waals surface area contributed by atoms with E-state index in [1.165, 1.54) is 12.1 Å². The maximum atomic E-state index is 13.7. The van der Waals surface area contributed by atoms with Gasteiger partial charge in [0.15, 0.2) is 6.23 Å². The van der Waals surface area contributed by atoms with E-state index >= 15 is 0 Å². The molecular formula is C28H26BrFN4O4S. The van der Waals surface area contributed by atoms with Crippen LogP contribution in [0.4, 0.5) is 4.39 Å². The molecule has 0 aliphatic carbocycles. The molecule has 11 heteroatoms. The monoisotopic (exact) mass is 612 g/mol. The van der Waals surface area contributed by atoms with E-state index in [9.17, 15) is 13.4 Å². The van der Waals surface area contributed by atoms with Gasteiger partial charge in [-0.25, -0.2) is 18.0 Å². The van der Waals surface area contributed by atoms with Gasteiger partial charge in [0.2, 0.25) is 11.3 Å². The molecule has 0 saturated carbocycles. The highest BCUT2D eigenvalue weighted by molar-refractivity contribution is 9.10. The first-order valence-corrected chi connectivity index (χ1v) is 14.2. The molecule has 0 spiro atoms. The zero-order valence-corrected chi connectivity index (χ0v) is 23.4. The topological polar surface area (TPSA) is 96.7 Å². The second-order valence-corrected chi connectivity index (χ2v) is 10.9. The van der Waals surface area contributed by atoms with E-state index in [1.54, 1.807) is 28.6 Å². The summed E-state index contributed by atoms with van der Waals surface area (Å²) in [7, 11) is 0. The van der Waals surface area contributed by atoms with Crippen LogP contribution in [0.5, 0.6) is 0 Å². The Hall–Kier alpha value is -3.22. The van der Waals surface area contributed by atoms with Crippen LogP contribution in [0.15, 0.2) is 83.5 Å². The van der Waals surface area contributed by atoms with Gasteiger partial charge in [-0.2, -0.15) is 5.10 Å². The molecule has 2 heterocycles. The van der Waals surface area contributed by atoms with Crippen molar-refractivity contribution in [2.45, 2.75) is 32.2 Å². The molecule has 0 radical (unpaired) electrons. The Kier molecular flexibility index (Phi) is 8.34. The quantitative estimate of drug-likeness (QED) is 0.255. The fraction of sp³-hybridized carbons (Fsp3) is 0.214. The molecule has 8 nitrogen and oxygen atoms in total. The average molecular weight is 614 g/mol. The Balaban J connectivity index is 1.43. The second kappa shape index (κ2) is 11.9. The smallest absolute Gasteiger partial charge is 0.253 e. The normalized spacial score (nSPS) is 18.1. The molecule has 1 aliphatic heterocycles. The Labute approximate surface area is 236 Å². The lowest BCUT2D eigenvalue weighted by molar-refractivity contribution is -0.130. The van der Waals surface area contributed by atoms with Crippen molar-refractivity contribution in [3.8, 4) is 16.9 Å². The number of ether oxygens (including phenoxy) is 1. The van der Waals surface area contributed by atoms with Gasteiger partial charge in [0.05, 0.1) is 5.69 Å². The Morgan fingerprint density at radius 1 is 1.05 bits per heavy atom. The maximum absolute atomic E-state index is 13.7. The molecule has 1 unspecified atom stereocenters.